The van der Waals surface area contributed by atoms with Crippen LogP contribution in [0.25, 0.3) is 0 Å². The normalized spacial score (nSPS) is 10.9. The van der Waals surface area contributed by atoms with Crippen LogP contribution in [0.15, 0.2) is 18.2 Å². The molecule has 0 aliphatic heterocycles. The fraction of sp³-hybridized carbons (Fsp3) is 0.571. The Morgan fingerprint density at radius 2 is 2.00 bits per heavy atom. The summed E-state index contributed by atoms with van der Waals surface area (Å²) in [6.45, 7) is 11.6. The summed E-state index contributed by atoms with van der Waals surface area (Å²) in [6, 6.07) is 6.63. The van der Waals surface area contributed by atoms with E-state index in [0.717, 1.165) is 24.7 Å². The van der Waals surface area contributed by atoms with E-state index in [4.69, 9.17) is 11.6 Å². The molecular formula is C14H23ClN2. The summed E-state index contributed by atoms with van der Waals surface area (Å²) in [4.78, 5) is 2.37. The Bertz CT molecular complexity index is 350. The summed E-state index contributed by atoms with van der Waals surface area (Å²) in [5, 5.41) is 4.18. The standard InChI is InChI=1S/C14H23ClN2/c1-5-16-10-12-7-8-13(15)9-14(12)17(6-2)11(3)4/h7-9,11,16H,5-6,10H2,1-4H3. The largest absolute Gasteiger partial charge is 0.369 e. The first kappa shape index (κ1) is 14.3. The van der Waals surface area contributed by atoms with Crippen LogP contribution in [0.4, 0.5) is 5.69 Å². The molecule has 1 aromatic carbocycles. The quantitative estimate of drug-likeness (QED) is 0.833. The third-order valence-electron chi connectivity index (χ3n) is 2.89. The number of halogens is 1. The first-order valence-electron chi connectivity index (χ1n) is 6.35. The van der Waals surface area contributed by atoms with Gasteiger partial charge in [0.05, 0.1) is 0 Å². The highest BCUT2D eigenvalue weighted by atomic mass is 35.5. The highest BCUT2D eigenvalue weighted by Crippen LogP contribution is 2.26. The first-order chi connectivity index (χ1) is 8.10. The zero-order valence-corrected chi connectivity index (χ0v) is 12.0. The molecule has 96 valence electrons. The molecule has 0 heterocycles. The zero-order valence-electron chi connectivity index (χ0n) is 11.3. The van der Waals surface area contributed by atoms with Crippen LogP contribution in [-0.2, 0) is 6.54 Å². The van der Waals surface area contributed by atoms with Gasteiger partial charge in [-0.1, -0.05) is 24.6 Å². The van der Waals surface area contributed by atoms with Gasteiger partial charge >= 0.3 is 0 Å². The number of hydrogen-bond acceptors (Lipinski definition) is 2. The van der Waals surface area contributed by atoms with E-state index < -0.39 is 0 Å². The van der Waals surface area contributed by atoms with Gasteiger partial charge in [0, 0.05) is 29.8 Å². The van der Waals surface area contributed by atoms with Crippen LogP contribution < -0.4 is 10.2 Å². The summed E-state index contributed by atoms with van der Waals surface area (Å²) in [6.07, 6.45) is 0. The van der Waals surface area contributed by atoms with E-state index in [9.17, 15) is 0 Å². The molecule has 0 saturated carbocycles. The van der Waals surface area contributed by atoms with Crippen molar-refractivity contribution in [1.29, 1.82) is 0 Å². The molecule has 0 aliphatic rings. The van der Waals surface area contributed by atoms with Gasteiger partial charge in [-0.3, -0.25) is 0 Å². The predicted molar refractivity (Wildman–Crippen MR) is 77.0 cm³/mol. The molecule has 1 rings (SSSR count). The Morgan fingerprint density at radius 3 is 2.53 bits per heavy atom. The molecule has 0 amide bonds. The monoisotopic (exact) mass is 254 g/mol. The van der Waals surface area contributed by atoms with Crippen LogP contribution in [0.1, 0.15) is 33.3 Å². The number of nitrogens with zero attached hydrogens (tertiary/aromatic N) is 1. The van der Waals surface area contributed by atoms with Crippen molar-refractivity contribution in [2.75, 3.05) is 18.0 Å². The van der Waals surface area contributed by atoms with Gasteiger partial charge < -0.3 is 10.2 Å². The van der Waals surface area contributed by atoms with E-state index in [2.05, 4.69) is 50.0 Å². The lowest BCUT2D eigenvalue weighted by molar-refractivity contribution is 0.684. The Hall–Kier alpha value is -0.730. The fourth-order valence-electron chi connectivity index (χ4n) is 2.03. The van der Waals surface area contributed by atoms with E-state index in [-0.39, 0.29) is 0 Å². The van der Waals surface area contributed by atoms with Crippen molar-refractivity contribution in [3.63, 3.8) is 0 Å². The van der Waals surface area contributed by atoms with Crippen molar-refractivity contribution in [1.82, 2.24) is 5.32 Å². The Morgan fingerprint density at radius 1 is 1.29 bits per heavy atom. The van der Waals surface area contributed by atoms with E-state index in [0.29, 0.717) is 6.04 Å². The second kappa shape index (κ2) is 6.87. The second-order valence-corrected chi connectivity index (χ2v) is 4.87. The molecule has 0 unspecified atom stereocenters. The summed E-state index contributed by atoms with van der Waals surface area (Å²) >= 11 is 6.11. The minimum absolute atomic E-state index is 0.485. The lowest BCUT2D eigenvalue weighted by Gasteiger charge is -2.30. The molecular weight excluding hydrogens is 232 g/mol. The maximum Gasteiger partial charge on any atom is 0.0428 e. The predicted octanol–water partition coefficient (Wildman–Crippen LogP) is 3.68. The molecule has 0 atom stereocenters. The minimum atomic E-state index is 0.485. The van der Waals surface area contributed by atoms with Crippen LogP contribution in [0.3, 0.4) is 0 Å². The summed E-state index contributed by atoms with van der Waals surface area (Å²) < 4.78 is 0. The van der Waals surface area contributed by atoms with Gasteiger partial charge in [0.25, 0.3) is 0 Å². The molecule has 0 saturated heterocycles. The van der Waals surface area contributed by atoms with E-state index in [1.807, 2.05) is 6.07 Å². The third-order valence-corrected chi connectivity index (χ3v) is 3.12. The summed E-state index contributed by atoms with van der Waals surface area (Å²) in [5.41, 5.74) is 2.56. The average Bonchev–Trinajstić information content (AvgIpc) is 2.28. The van der Waals surface area contributed by atoms with Crippen molar-refractivity contribution in [3.05, 3.63) is 28.8 Å². The van der Waals surface area contributed by atoms with E-state index >= 15 is 0 Å². The van der Waals surface area contributed by atoms with Crippen molar-refractivity contribution in [2.45, 2.75) is 40.3 Å². The number of hydrogen-bond donors (Lipinski definition) is 1. The van der Waals surface area contributed by atoms with Gasteiger partial charge in [0.1, 0.15) is 0 Å². The Kier molecular flexibility index (Phi) is 5.79. The third kappa shape index (κ3) is 3.90. The van der Waals surface area contributed by atoms with Gasteiger partial charge in [-0.2, -0.15) is 0 Å². The van der Waals surface area contributed by atoms with Crippen LogP contribution in [0, 0.1) is 0 Å². The molecule has 0 spiro atoms. The van der Waals surface area contributed by atoms with Gasteiger partial charge in [0.15, 0.2) is 0 Å². The molecule has 0 aromatic heterocycles. The van der Waals surface area contributed by atoms with Crippen molar-refractivity contribution >= 4 is 17.3 Å². The number of benzene rings is 1. The van der Waals surface area contributed by atoms with E-state index in [1.165, 1.54) is 11.3 Å². The lowest BCUT2D eigenvalue weighted by atomic mass is 10.1. The fourth-order valence-corrected chi connectivity index (χ4v) is 2.19. The molecule has 0 radical (unpaired) electrons. The zero-order chi connectivity index (χ0) is 12.8. The molecule has 0 aliphatic carbocycles. The van der Waals surface area contributed by atoms with Gasteiger partial charge in [0.2, 0.25) is 0 Å². The van der Waals surface area contributed by atoms with E-state index in [1.54, 1.807) is 0 Å². The maximum absolute atomic E-state index is 6.11. The molecule has 0 bridgehead atoms. The first-order valence-corrected chi connectivity index (χ1v) is 6.73. The lowest BCUT2D eigenvalue weighted by Crippen LogP contribution is -2.31. The molecule has 1 N–H and O–H groups in total. The number of rotatable bonds is 6. The number of nitrogens with one attached hydrogen (secondary N) is 1. The smallest absolute Gasteiger partial charge is 0.0428 e. The summed E-state index contributed by atoms with van der Waals surface area (Å²) in [5.74, 6) is 0. The van der Waals surface area contributed by atoms with Crippen molar-refractivity contribution in [2.24, 2.45) is 0 Å². The van der Waals surface area contributed by atoms with Gasteiger partial charge in [-0.15, -0.1) is 0 Å². The van der Waals surface area contributed by atoms with Gasteiger partial charge in [-0.25, -0.2) is 0 Å². The maximum atomic E-state index is 6.11. The highest BCUT2D eigenvalue weighted by molar-refractivity contribution is 6.30. The van der Waals surface area contributed by atoms with Crippen molar-refractivity contribution in [3.8, 4) is 0 Å². The van der Waals surface area contributed by atoms with Gasteiger partial charge in [-0.05, 0) is 45.0 Å². The topological polar surface area (TPSA) is 15.3 Å². The van der Waals surface area contributed by atoms with Crippen LogP contribution in [-0.4, -0.2) is 19.1 Å². The minimum Gasteiger partial charge on any atom is -0.369 e. The Balaban J connectivity index is 3.04. The second-order valence-electron chi connectivity index (χ2n) is 4.43. The Labute approximate surface area is 110 Å². The van der Waals surface area contributed by atoms with Crippen molar-refractivity contribution < 1.29 is 0 Å². The number of anilines is 1. The van der Waals surface area contributed by atoms with Crippen LogP contribution in [0.5, 0.6) is 0 Å². The molecule has 3 heteroatoms. The molecule has 17 heavy (non-hydrogen) atoms. The van der Waals surface area contributed by atoms with Crippen LogP contribution >= 0.6 is 11.6 Å². The van der Waals surface area contributed by atoms with Crippen LogP contribution in [0.2, 0.25) is 5.02 Å². The molecule has 0 fully saturated rings. The summed E-state index contributed by atoms with van der Waals surface area (Å²) in [7, 11) is 0. The highest BCUT2D eigenvalue weighted by Gasteiger charge is 2.13. The molecule has 2 nitrogen and oxygen atoms in total. The molecule has 1 aromatic rings. The average molecular weight is 255 g/mol. The SMILES string of the molecule is CCNCc1ccc(Cl)cc1N(CC)C(C)C.